The molecule has 0 saturated heterocycles. The number of sulfonamides is 1. The molecular formula is C18H24ClNO4S2. The molecule has 2 aromatic rings. The summed E-state index contributed by atoms with van der Waals surface area (Å²) < 4.78 is 33.8. The van der Waals surface area contributed by atoms with Gasteiger partial charge in [-0.15, -0.1) is 11.3 Å². The number of nitrogens with zero attached hydrogens (tertiary/aromatic N) is 1. The molecule has 0 aliphatic rings. The first-order chi connectivity index (χ1) is 12.4. The van der Waals surface area contributed by atoms with E-state index in [-0.39, 0.29) is 29.9 Å². The first-order valence-corrected chi connectivity index (χ1v) is 11.1. The normalized spacial score (nSPS) is 14.3. The van der Waals surface area contributed by atoms with Gasteiger partial charge in [0.1, 0.15) is 16.6 Å². The van der Waals surface area contributed by atoms with Gasteiger partial charge >= 0.3 is 0 Å². The van der Waals surface area contributed by atoms with Crippen molar-refractivity contribution >= 4 is 33.0 Å². The first kappa shape index (κ1) is 21.2. The molecule has 2 unspecified atom stereocenters. The third-order valence-electron chi connectivity index (χ3n) is 4.29. The molecule has 0 fully saturated rings. The Balaban J connectivity index is 2.23. The summed E-state index contributed by atoms with van der Waals surface area (Å²) in [5.41, 5.74) is 0. The molecular weight excluding hydrogens is 394 g/mol. The summed E-state index contributed by atoms with van der Waals surface area (Å²) in [6.45, 7) is 3.99. The van der Waals surface area contributed by atoms with Gasteiger partial charge in [-0.25, -0.2) is 8.42 Å². The number of aliphatic hydroxyl groups is 1. The zero-order chi connectivity index (χ0) is 19.2. The van der Waals surface area contributed by atoms with Gasteiger partial charge in [0.15, 0.2) is 0 Å². The Morgan fingerprint density at radius 3 is 2.46 bits per heavy atom. The van der Waals surface area contributed by atoms with E-state index >= 15 is 0 Å². The fourth-order valence-corrected chi connectivity index (χ4v) is 5.92. The lowest BCUT2D eigenvalue weighted by molar-refractivity contribution is 0.131. The summed E-state index contributed by atoms with van der Waals surface area (Å²) in [4.78, 5) is 0. The minimum absolute atomic E-state index is 0.00179. The smallest absolute Gasteiger partial charge is 0.253 e. The van der Waals surface area contributed by atoms with Gasteiger partial charge in [0, 0.05) is 6.54 Å². The largest absolute Gasteiger partial charge is 0.492 e. The Kier molecular flexibility index (Phi) is 7.91. The van der Waals surface area contributed by atoms with Gasteiger partial charge in [-0.3, -0.25) is 0 Å². The molecule has 1 heterocycles. The number of para-hydroxylation sites is 1. The summed E-state index contributed by atoms with van der Waals surface area (Å²) in [5.74, 6) is 0.676. The Bertz CT molecular complexity index is 779. The van der Waals surface area contributed by atoms with Gasteiger partial charge in [0.25, 0.3) is 10.0 Å². The van der Waals surface area contributed by atoms with Gasteiger partial charge in [0.05, 0.1) is 17.0 Å². The molecule has 5 nitrogen and oxygen atoms in total. The predicted octanol–water partition coefficient (Wildman–Crippen LogP) is 3.88. The standard InChI is InChI=1S/C18H24ClNO4S2/c1-3-14(2)16(13-21)20(11-12-24-15-7-5-4-6-8-15)26(22,23)18-10-9-17(19)25-18/h4-10,14,16,21H,3,11-13H2,1-2H3. The fourth-order valence-electron chi connectivity index (χ4n) is 2.61. The van der Waals surface area contributed by atoms with Crippen molar-refractivity contribution in [1.29, 1.82) is 0 Å². The van der Waals surface area contributed by atoms with Crippen LogP contribution >= 0.6 is 22.9 Å². The molecule has 2 rings (SSSR count). The number of halogens is 1. The molecule has 26 heavy (non-hydrogen) atoms. The Morgan fingerprint density at radius 2 is 1.92 bits per heavy atom. The summed E-state index contributed by atoms with van der Waals surface area (Å²) in [6.07, 6.45) is 0.752. The number of hydrogen-bond donors (Lipinski definition) is 1. The van der Waals surface area contributed by atoms with Crippen LogP contribution in [0.1, 0.15) is 20.3 Å². The van der Waals surface area contributed by atoms with E-state index in [1.165, 1.54) is 10.4 Å². The monoisotopic (exact) mass is 417 g/mol. The molecule has 0 bridgehead atoms. The van der Waals surface area contributed by atoms with Crippen LogP contribution in [0.2, 0.25) is 4.34 Å². The average molecular weight is 418 g/mol. The van der Waals surface area contributed by atoms with Gasteiger partial charge in [-0.05, 0) is 30.2 Å². The molecule has 0 saturated carbocycles. The molecule has 8 heteroatoms. The van der Waals surface area contributed by atoms with Crippen molar-refractivity contribution in [2.75, 3.05) is 19.8 Å². The lowest BCUT2D eigenvalue weighted by Gasteiger charge is -2.32. The van der Waals surface area contributed by atoms with Crippen LogP contribution in [0.25, 0.3) is 0 Å². The fraction of sp³-hybridized carbons (Fsp3) is 0.444. The van der Waals surface area contributed by atoms with Crippen molar-refractivity contribution in [3.8, 4) is 5.75 Å². The molecule has 1 aromatic heterocycles. The van der Waals surface area contributed by atoms with Crippen LogP contribution in [0.15, 0.2) is 46.7 Å². The number of thiophene rings is 1. The second-order valence-corrected chi connectivity index (χ2v) is 9.80. The Labute approximate surface area is 164 Å². The molecule has 1 N–H and O–H groups in total. The van der Waals surface area contributed by atoms with E-state index in [9.17, 15) is 13.5 Å². The van der Waals surface area contributed by atoms with Gasteiger partial charge < -0.3 is 9.84 Å². The van der Waals surface area contributed by atoms with Crippen LogP contribution in [-0.4, -0.2) is 43.6 Å². The van der Waals surface area contributed by atoms with Crippen molar-refractivity contribution in [2.45, 2.75) is 30.5 Å². The minimum Gasteiger partial charge on any atom is -0.492 e. The molecule has 2 atom stereocenters. The van der Waals surface area contributed by atoms with Crippen LogP contribution in [0.5, 0.6) is 5.75 Å². The highest BCUT2D eigenvalue weighted by Crippen LogP contribution is 2.30. The summed E-state index contributed by atoms with van der Waals surface area (Å²) in [6, 6.07) is 11.8. The topological polar surface area (TPSA) is 66.8 Å². The lowest BCUT2D eigenvalue weighted by atomic mass is 10.00. The van der Waals surface area contributed by atoms with Crippen molar-refractivity contribution in [2.24, 2.45) is 5.92 Å². The molecule has 0 aliphatic heterocycles. The third kappa shape index (κ3) is 5.20. The van der Waals surface area contributed by atoms with Gasteiger partial charge in [0.2, 0.25) is 0 Å². The van der Waals surface area contributed by atoms with Crippen LogP contribution < -0.4 is 4.74 Å². The van der Waals surface area contributed by atoms with E-state index in [1.807, 2.05) is 44.2 Å². The van der Waals surface area contributed by atoms with E-state index in [0.29, 0.717) is 10.1 Å². The highest BCUT2D eigenvalue weighted by atomic mass is 35.5. The van der Waals surface area contributed by atoms with Crippen molar-refractivity contribution in [3.63, 3.8) is 0 Å². The van der Waals surface area contributed by atoms with Crippen molar-refractivity contribution in [1.82, 2.24) is 4.31 Å². The lowest BCUT2D eigenvalue weighted by Crippen LogP contribution is -2.47. The number of aliphatic hydroxyl groups excluding tert-OH is 1. The second-order valence-electron chi connectivity index (χ2n) is 5.97. The van der Waals surface area contributed by atoms with E-state index in [0.717, 1.165) is 17.8 Å². The number of ether oxygens (including phenoxy) is 1. The van der Waals surface area contributed by atoms with Crippen molar-refractivity contribution < 1.29 is 18.3 Å². The van der Waals surface area contributed by atoms with Crippen LogP contribution in [0.4, 0.5) is 0 Å². The van der Waals surface area contributed by atoms with Crippen LogP contribution in [-0.2, 0) is 10.0 Å². The van der Waals surface area contributed by atoms with Gasteiger partial charge in [-0.1, -0.05) is 50.1 Å². The SMILES string of the molecule is CCC(C)C(CO)N(CCOc1ccccc1)S(=O)(=O)c1ccc(Cl)s1. The van der Waals surface area contributed by atoms with Crippen LogP contribution in [0, 0.1) is 5.92 Å². The second kappa shape index (κ2) is 9.71. The average Bonchev–Trinajstić information content (AvgIpc) is 3.08. The van der Waals surface area contributed by atoms with E-state index in [1.54, 1.807) is 6.07 Å². The molecule has 144 valence electrons. The maximum atomic E-state index is 13.1. The number of rotatable bonds is 10. The molecule has 0 amide bonds. The number of hydrogen-bond acceptors (Lipinski definition) is 5. The minimum atomic E-state index is -3.77. The summed E-state index contributed by atoms with van der Waals surface area (Å²) >= 11 is 6.93. The summed E-state index contributed by atoms with van der Waals surface area (Å²) in [7, 11) is -3.77. The molecule has 1 aromatic carbocycles. The molecule has 0 spiro atoms. The maximum absolute atomic E-state index is 13.1. The zero-order valence-corrected chi connectivity index (χ0v) is 17.2. The maximum Gasteiger partial charge on any atom is 0.253 e. The third-order valence-corrected chi connectivity index (χ3v) is 7.92. The Hall–Kier alpha value is -1.12. The first-order valence-electron chi connectivity index (χ1n) is 8.46. The van der Waals surface area contributed by atoms with E-state index in [2.05, 4.69) is 0 Å². The quantitative estimate of drug-likeness (QED) is 0.637. The van der Waals surface area contributed by atoms with Crippen molar-refractivity contribution in [3.05, 3.63) is 46.8 Å². The van der Waals surface area contributed by atoms with E-state index < -0.39 is 16.1 Å². The molecule has 0 aliphatic carbocycles. The Morgan fingerprint density at radius 1 is 1.23 bits per heavy atom. The van der Waals surface area contributed by atoms with E-state index in [4.69, 9.17) is 16.3 Å². The zero-order valence-electron chi connectivity index (χ0n) is 14.8. The van der Waals surface area contributed by atoms with Crippen LogP contribution in [0.3, 0.4) is 0 Å². The highest BCUT2D eigenvalue weighted by molar-refractivity contribution is 7.91. The highest BCUT2D eigenvalue weighted by Gasteiger charge is 2.34. The molecule has 0 radical (unpaired) electrons. The predicted molar refractivity (Wildman–Crippen MR) is 105 cm³/mol. The van der Waals surface area contributed by atoms with Gasteiger partial charge in [-0.2, -0.15) is 4.31 Å². The summed E-state index contributed by atoms with van der Waals surface area (Å²) in [5, 5.41) is 9.86. The number of benzene rings is 1.